The van der Waals surface area contributed by atoms with Crippen LogP contribution in [0.5, 0.6) is 0 Å². The minimum absolute atomic E-state index is 0.258. The van der Waals surface area contributed by atoms with Gasteiger partial charge in [-0.1, -0.05) is 77.9 Å². The first kappa shape index (κ1) is 14.9. The van der Waals surface area contributed by atoms with Crippen molar-refractivity contribution in [2.24, 2.45) is 0 Å². The number of rotatable bonds is 0. The Bertz CT molecular complexity index is 1150. The predicted octanol–water partition coefficient (Wildman–Crippen LogP) is 6.04. The first-order valence-corrected chi connectivity index (χ1v) is 9.49. The minimum atomic E-state index is -0.258. The largest absolute Gasteiger partial charge is 0.256 e. The number of aryl methyl sites for hydroxylation is 2. The van der Waals surface area contributed by atoms with E-state index in [0.29, 0.717) is 0 Å². The molecular weight excluding hydrogens is 326 g/mol. The van der Waals surface area contributed by atoms with Gasteiger partial charge in [0, 0.05) is 11.8 Å². The Morgan fingerprint density at radius 1 is 0.593 bits per heavy atom. The predicted molar refractivity (Wildman–Crippen MR) is 110 cm³/mol. The van der Waals surface area contributed by atoms with Gasteiger partial charge >= 0.3 is 0 Å². The van der Waals surface area contributed by atoms with E-state index in [1.165, 1.54) is 50.1 Å². The van der Waals surface area contributed by atoms with E-state index >= 15 is 0 Å². The van der Waals surface area contributed by atoms with Crippen molar-refractivity contribution in [2.75, 3.05) is 0 Å². The zero-order valence-corrected chi connectivity index (χ0v) is 15.5. The first-order valence-electron chi connectivity index (χ1n) is 9.49. The number of hydrogen-bond acceptors (Lipinski definition) is 1. The SMILES string of the molecule is Cc1ccc2c(c1)-c1cc(C)ccc1C21c2ccccc2-c2ncccc21. The van der Waals surface area contributed by atoms with Crippen molar-refractivity contribution in [2.45, 2.75) is 19.3 Å². The zero-order valence-electron chi connectivity index (χ0n) is 15.5. The Morgan fingerprint density at radius 2 is 1.19 bits per heavy atom. The molecule has 1 nitrogen and oxygen atoms in total. The van der Waals surface area contributed by atoms with Gasteiger partial charge in [-0.15, -0.1) is 0 Å². The molecule has 1 heterocycles. The van der Waals surface area contributed by atoms with Gasteiger partial charge < -0.3 is 0 Å². The quantitative estimate of drug-likeness (QED) is 0.327. The molecule has 2 aliphatic rings. The zero-order chi connectivity index (χ0) is 18.2. The highest BCUT2D eigenvalue weighted by Gasteiger charge is 2.51. The Balaban J connectivity index is 1.86. The molecule has 0 amide bonds. The molecule has 0 saturated heterocycles. The molecule has 0 radical (unpaired) electrons. The van der Waals surface area contributed by atoms with Crippen molar-refractivity contribution in [3.05, 3.63) is 112 Å². The molecule has 128 valence electrons. The summed E-state index contributed by atoms with van der Waals surface area (Å²) in [6, 6.07) is 27.0. The molecule has 1 spiro atoms. The maximum Gasteiger partial charge on any atom is 0.0753 e. The summed E-state index contributed by atoms with van der Waals surface area (Å²) in [6.07, 6.45) is 1.91. The standard InChI is InChI=1S/C26H19N/c1-16-9-11-22-19(14-16)20-15-17(2)10-12-23(20)26(22)21-7-4-3-6-18(21)25-24(26)8-5-13-27-25/h3-15H,1-2H3. The van der Waals surface area contributed by atoms with Crippen LogP contribution in [0.2, 0.25) is 0 Å². The van der Waals surface area contributed by atoms with Crippen molar-refractivity contribution in [3.8, 4) is 22.4 Å². The van der Waals surface area contributed by atoms with Gasteiger partial charge in [0.2, 0.25) is 0 Å². The number of nitrogens with zero attached hydrogens (tertiary/aromatic N) is 1. The molecule has 0 saturated carbocycles. The molecule has 0 bridgehead atoms. The van der Waals surface area contributed by atoms with E-state index < -0.39 is 0 Å². The molecule has 0 unspecified atom stereocenters. The summed E-state index contributed by atoms with van der Waals surface area (Å²) >= 11 is 0. The van der Waals surface area contributed by atoms with Gasteiger partial charge in [0.1, 0.15) is 0 Å². The van der Waals surface area contributed by atoms with Crippen LogP contribution in [0.1, 0.15) is 33.4 Å². The monoisotopic (exact) mass is 345 g/mol. The minimum Gasteiger partial charge on any atom is -0.256 e. The van der Waals surface area contributed by atoms with Crippen molar-refractivity contribution in [3.63, 3.8) is 0 Å². The van der Waals surface area contributed by atoms with E-state index in [2.05, 4.69) is 86.6 Å². The summed E-state index contributed by atoms with van der Waals surface area (Å²) in [5.41, 5.74) is 12.9. The van der Waals surface area contributed by atoms with Crippen LogP contribution in [0.3, 0.4) is 0 Å². The van der Waals surface area contributed by atoms with E-state index in [0.717, 1.165) is 5.69 Å². The molecule has 27 heavy (non-hydrogen) atoms. The Hall–Kier alpha value is -3.19. The molecule has 3 aromatic carbocycles. The van der Waals surface area contributed by atoms with Crippen LogP contribution in [0, 0.1) is 13.8 Å². The first-order chi connectivity index (χ1) is 13.2. The molecular formula is C26H19N. The summed E-state index contributed by atoms with van der Waals surface area (Å²) in [5, 5.41) is 0. The highest BCUT2D eigenvalue weighted by molar-refractivity contribution is 5.94. The highest BCUT2D eigenvalue weighted by atomic mass is 14.7. The number of hydrogen-bond donors (Lipinski definition) is 0. The number of fused-ring (bicyclic) bond motifs is 10. The molecule has 0 aliphatic heterocycles. The second-order valence-electron chi connectivity index (χ2n) is 7.79. The summed E-state index contributed by atoms with van der Waals surface area (Å²) in [4.78, 5) is 4.80. The smallest absolute Gasteiger partial charge is 0.0753 e. The molecule has 1 aromatic heterocycles. The van der Waals surface area contributed by atoms with Crippen molar-refractivity contribution >= 4 is 0 Å². The third-order valence-corrected chi connectivity index (χ3v) is 6.25. The summed E-state index contributed by atoms with van der Waals surface area (Å²) in [6.45, 7) is 4.36. The second kappa shape index (κ2) is 4.95. The van der Waals surface area contributed by atoms with Crippen molar-refractivity contribution < 1.29 is 0 Å². The highest BCUT2D eigenvalue weighted by Crippen LogP contribution is 2.62. The summed E-state index contributed by atoms with van der Waals surface area (Å²) in [5.74, 6) is 0. The third-order valence-electron chi connectivity index (χ3n) is 6.25. The molecule has 0 atom stereocenters. The van der Waals surface area contributed by atoms with Crippen molar-refractivity contribution in [1.29, 1.82) is 0 Å². The molecule has 6 rings (SSSR count). The topological polar surface area (TPSA) is 12.9 Å². The van der Waals surface area contributed by atoms with Crippen LogP contribution in [-0.4, -0.2) is 4.98 Å². The maximum atomic E-state index is 4.80. The molecule has 4 aromatic rings. The maximum absolute atomic E-state index is 4.80. The van der Waals surface area contributed by atoms with Crippen LogP contribution in [-0.2, 0) is 5.41 Å². The van der Waals surface area contributed by atoms with Crippen LogP contribution in [0.25, 0.3) is 22.4 Å². The molecule has 2 aliphatic carbocycles. The van der Waals surface area contributed by atoms with Crippen molar-refractivity contribution in [1.82, 2.24) is 4.98 Å². The average molecular weight is 345 g/mol. The van der Waals surface area contributed by atoms with E-state index in [1.807, 2.05) is 6.20 Å². The van der Waals surface area contributed by atoms with Crippen LogP contribution < -0.4 is 0 Å². The Kier molecular flexibility index (Phi) is 2.74. The number of benzene rings is 3. The van der Waals surface area contributed by atoms with Gasteiger partial charge in [-0.25, -0.2) is 0 Å². The molecule has 0 N–H and O–H groups in total. The van der Waals surface area contributed by atoms with Gasteiger partial charge in [-0.3, -0.25) is 4.98 Å². The average Bonchev–Trinajstić information content (AvgIpc) is 3.14. The summed E-state index contributed by atoms with van der Waals surface area (Å²) < 4.78 is 0. The van der Waals surface area contributed by atoms with Gasteiger partial charge in [0.25, 0.3) is 0 Å². The van der Waals surface area contributed by atoms with Crippen LogP contribution in [0.15, 0.2) is 79.0 Å². The van der Waals surface area contributed by atoms with Gasteiger partial charge in [-0.05, 0) is 53.3 Å². The van der Waals surface area contributed by atoms with Gasteiger partial charge in [0.15, 0.2) is 0 Å². The van der Waals surface area contributed by atoms with Gasteiger partial charge in [0.05, 0.1) is 11.1 Å². The van der Waals surface area contributed by atoms with E-state index in [9.17, 15) is 0 Å². The Labute approximate surface area is 159 Å². The molecule has 0 fully saturated rings. The molecule has 1 heteroatoms. The van der Waals surface area contributed by atoms with Gasteiger partial charge in [-0.2, -0.15) is 0 Å². The fraction of sp³-hybridized carbons (Fsp3) is 0.115. The lowest BCUT2D eigenvalue weighted by Crippen LogP contribution is -2.25. The summed E-state index contributed by atoms with van der Waals surface area (Å²) in [7, 11) is 0. The van der Waals surface area contributed by atoms with E-state index in [1.54, 1.807) is 0 Å². The number of aromatic nitrogens is 1. The Morgan fingerprint density at radius 3 is 1.89 bits per heavy atom. The fourth-order valence-corrected chi connectivity index (χ4v) is 5.23. The fourth-order valence-electron chi connectivity index (χ4n) is 5.23. The van der Waals surface area contributed by atoms with Crippen LogP contribution >= 0.6 is 0 Å². The van der Waals surface area contributed by atoms with Crippen LogP contribution in [0.4, 0.5) is 0 Å². The van der Waals surface area contributed by atoms with E-state index in [4.69, 9.17) is 4.98 Å². The lowest BCUT2D eigenvalue weighted by atomic mass is 9.71. The number of pyridine rings is 1. The third kappa shape index (κ3) is 1.67. The van der Waals surface area contributed by atoms with E-state index in [-0.39, 0.29) is 5.41 Å². The lowest BCUT2D eigenvalue weighted by Gasteiger charge is -2.30. The second-order valence-corrected chi connectivity index (χ2v) is 7.79. The lowest BCUT2D eigenvalue weighted by molar-refractivity contribution is 0.791. The normalized spacial score (nSPS) is 14.6.